The number of carbonyl (C=O) groups is 1. The van der Waals surface area contributed by atoms with Gasteiger partial charge in [0.2, 0.25) is 0 Å². The first-order valence-electron chi connectivity index (χ1n) is 3.57. The fourth-order valence-electron chi connectivity index (χ4n) is 0.717. The predicted molar refractivity (Wildman–Crippen MR) is 42.8 cm³/mol. The molecule has 0 radical (unpaired) electrons. The average molecular weight is 193 g/mol. The minimum atomic E-state index is -4.67. The Morgan fingerprint density at radius 1 is 1.54 bits per heavy atom. The largest absolute Gasteiger partial charge is 0.431 e. The second-order valence-electron chi connectivity index (χ2n) is 2.31. The van der Waals surface area contributed by atoms with Gasteiger partial charge >= 0.3 is 6.18 Å². The molecule has 13 heavy (non-hydrogen) atoms. The van der Waals surface area contributed by atoms with Crippen molar-refractivity contribution < 1.29 is 18.0 Å². The van der Waals surface area contributed by atoms with Crippen LogP contribution in [0.4, 0.5) is 13.2 Å². The molecule has 2 nitrogen and oxygen atoms in total. The number of alkyl halides is 3. The number of Topliss-reactive ketones (excluding diaryl/α,β-unsaturated/α-hetero) is 1. The normalized spacial score (nSPS) is 13.5. The number of nitrogens with two attached hydrogens (primary N) is 1. The lowest BCUT2D eigenvalue weighted by atomic mass is 10.1. The van der Waals surface area contributed by atoms with Gasteiger partial charge in [-0.1, -0.05) is 19.6 Å². The fraction of sp³-hybridized carbons (Fsp3) is 0.375. The third-order valence-electron chi connectivity index (χ3n) is 1.42. The van der Waals surface area contributed by atoms with E-state index in [1.807, 2.05) is 0 Å². The summed E-state index contributed by atoms with van der Waals surface area (Å²) in [6.07, 6.45) is -3.87. The van der Waals surface area contributed by atoms with E-state index in [1.54, 1.807) is 0 Å². The van der Waals surface area contributed by atoms with Gasteiger partial charge in [-0.15, -0.1) is 0 Å². The molecular weight excluding hydrogens is 183 g/mol. The van der Waals surface area contributed by atoms with Gasteiger partial charge in [0.05, 0.1) is 0 Å². The third-order valence-corrected chi connectivity index (χ3v) is 1.42. The van der Waals surface area contributed by atoms with Crippen molar-refractivity contribution in [2.24, 2.45) is 5.73 Å². The monoisotopic (exact) mass is 193 g/mol. The van der Waals surface area contributed by atoms with E-state index in [4.69, 9.17) is 5.73 Å². The Morgan fingerprint density at radius 2 is 2.00 bits per heavy atom. The molecule has 2 N–H and O–H groups in total. The Bertz CT molecular complexity index is 253. The van der Waals surface area contributed by atoms with Crippen molar-refractivity contribution in [3.63, 3.8) is 0 Å². The standard InChI is InChI=1S/C8H10F3NO/c1-3-5(6(13)4-2)7(12)8(9,10)11/h3H,1,4,12H2,2H3. The number of halogens is 3. The van der Waals surface area contributed by atoms with E-state index in [1.165, 1.54) is 6.92 Å². The first-order valence-corrected chi connectivity index (χ1v) is 3.57. The Hall–Kier alpha value is -1.26. The summed E-state index contributed by atoms with van der Waals surface area (Å²) in [7, 11) is 0. The Morgan fingerprint density at radius 3 is 2.23 bits per heavy atom. The van der Waals surface area contributed by atoms with E-state index >= 15 is 0 Å². The zero-order valence-electron chi connectivity index (χ0n) is 7.11. The maximum Gasteiger partial charge on any atom is 0.431 e. The summed E-state index contributed by atoms with van der Waals surface area (Å²) >= 11 is 0. The molecule has 0 aliphatic carbocycles. The summed E-state index contributed by atoms with van der Waals surface area (Å²) in [6, 6.07) is 0. The average Bonchev–Trinajstić information content (AvgIpc) is 2.03. The van der Waals surface area contributed by atoms with E-state index < -0.39 is 23.2 Å². The van der Waals surface area contributed by atoms with Gasteiger partial charge in [0.25, 0.3) is 0 Å². The summed E-state index contributed by atoms with van der Waals surface area (Å²) in [6.45, 7) is 4.56. The molecule has 0 amide bonds. The molecule has 0 saturated carbocycles. The number of allylic oxidation sites excluding steroid dienone is 3. The number of hydrogen-bond donors (Lipinski definition) is 1. The zero-order chi connectivity index (χ0) is 10.6. The molecule has 74 valence electrons. The molecule has 0 fully saturated rings. The maximum absolute atomic E-state index is 12.0. The summed E-state index contributed by atoms with van der Waals surface area (Å²) in [5.41, 5.74) is 2.80. The minimum Gasteiger partial charge on any atom is -0.394 e. The van der Waals surface area contributed by atoms with Crippen LogP contribution >= 0.6 is 0 Å². The van der Waals surface area contributed by atoms with Crippen LogP contribution in [-0.4, -0.2) is 12.0 Å². The summed E-state index contributed by atoms with van der Waals surface area (Å²) in [5, 5.41) is 0. The highest BCUT2D eigenvalue weighted by Crippen LogP contribution is 2.25. The van der Waals surface area contributed by atoms with Crippen molar-refractivity contribution >= 4 is 5.78 Å². The molecule has 0 aromatic carbocycles. The van der Waals surface area contributed by atoms with Gasteiger partial charge in [0, 0.05) is 12.0 Å². The molecule has 5 heteroatoms. The number of ketones is 1. The summed E-state index contributed by atoms with van der Waals surface area (Å²) < 4.78 is 36.0. The zero-order valence-corrected chi connectivity index (χ0v) is 7.11. The number of carbonyl (C=O) groups excluding carboxylic acids is 1. The molecule has 0 aliphatic heterocycles. The van der Waals surface area contributed by atoms with Crippen LogP contribution in [0.2, 0.25) is 0 Å². The van der Waals surface area contributed by atoms with Crippen LogP contribution in [0.15, 0.2) is 23.9 Å². The first kappa shape index (κ1) is 11.7. The Labute approximate surface area is 73.9 Å². The van der Waals surface area contributed by atoms with Crippen LogP contribution in [0.5, 0.6) is 0 Å². The predicted octanol–water partition coefficient (Wildman–Crippen LogP) is 1.93. The first-order chi connectivity index (χ1) is 5.84. The highest BCUT2D eigenvalue weighted by molar-refractivity contribution is 5.98. The summed E-state index contributed by atoms with van der Waals surface area (Å²) in [4.78, 5) is 10.9. The van der Waals surface area contributed by atoms with Crippen LogP contribution in [0.3, 0.4) is 0 Å². The third kappa shape index (κ3) is 2.93. The van der Waals surface area contributed by atoms with Crippen LogP contribution in [0.25, 0.3) is 0 Å². The van der Waals surface area contributed by atoms with E-state index in [0.29, 0.717) is 0 Å². The number of rotatable bonds is 3. The molecule has 0 unspecified atom stereocenters. The van der Waals surface area contributed by atoms with Crippen molar-refractivity contribution in [1.82, 2.24) is 0 Å². The molecule has 0 aliphatic rings. The van der Waals surface area contributed by atoms with Gasteiger partial charge in [0.15, 0.2) is 5.78 Å². The lowest BCUT2D eigenvalue weighted by Crippen LogP contribution is -2.23. The molecule has 0 aromatic heterocycles. The molecule has 0 saturated heterocycles. The fourth-order valence-corrected chi connectivity index (χ4v) is 0.717. The van der Waals surface area contributed by atoms with Crippen molar-refractivity contribution in [2.75, 3.05) is 0 Å². The molecule has 0 aromatic rings. The van der Waals surface area contributed by atoms with Crippen molar-refractivity contribution in [1.29, 1.82) is 0 Å². The van der Waals surface area contributed by atoms with E-state index in [-0.39, 0.29) is 6.42 Å². The van der Waals surface area contributed by atoms with Crippen molar-refractivity contribution in [3.8, 4) is 0 Å². The van der Waals surface area contributed by atoms with Crippen LogP contribution in [-0.2, 0) is 4.79 Å². The van der Waals surface area contributed by atoms with E-state index in [0.717, 1.165) is 6.08 Å². The van der Waals surface area contributed by atoms with Gasteiger partial charge in [-0.3, -0.25) is 4.79 Å². The molecule has 0 heterocycles. The van der Waals surface area contributed by atoms with Crippen LogP contribution in [0.1, 0.15) is 13.3 Å². The lowest BCUT2D eigenvalue weighted by Gasteiger charge is -2.09. The topological polar surface area (TPSA) is 43.1 Å². The van der Waals surface area contributed by atoms with Gasteiger partial charge in [-0.05, 0) is 0 Å². The van der Waals surface area contributed by atoms with Gasteiger partial charge in [0.1, 0.15) is 5.70 Å². The molecule has 0 bridgehead atoms. The second kappa shape index (κ2) is 4.11. The quantitative estimate of drug-likeness (QED) is 0.549. The lowest BCUT2D eigenvalue weighted by molar-refractivity contribution is -0.117. The number of hydrogen-bond acceptors (Lipinski definition) is 2. The Kier molecular flexibility index (Phi) is 3.71. The van der Waals surface area contributed by atoms with E-state index in [2.05, 4.69) is 6.58 Å². The molecule has 0 atom stereocenters. The van der Waals surface area contributed by atoms with Crippen molar-refractivity contribution in [2.45, 2.75) is 19.5 Å². The molecule has 0 rings (SSSR count). The Balaban J connectivity index is 5.14. The SMILES string of the molecule is C=CC(C(=O)CC)=C(N)C(F)(F)F. The van der Waals surface area contributed by atoms with Gasteiger partial charge in [-0.2, -0.15) is 13.2 Å². The van der Waals surface area contributed by atoms with Crippen LogP contribution in [0, 0.1) is 0 Å². The van der Waals surface area contributed by atoms with Gasteiger partial charge in [-0.25, -0.2) is 0 Å². The molecular formula is C8H10F3NO. The second-order valence-corrected chi connectivity index (χ2v) is 2.31. The molecule has 0 spiro atoms. The smallest absolute Gasteiger partial charge is 0.394 e. The summed E-state index contributed by atoms with van der Waals surface area (Å²) in [5.74, 6) is -0.662. The van der Waals surface area contributed by atoms with Crippen molar-refractivity contribution in [3.05, 3.63) is 23.9 Å². The van der Waals surface area contributed by atoms with Crippen LogP contribution < -0.4 is 5.73 Å². The minimum absolute atomic E-state index is 0.0296. The van der Waals surface area contributed by atoms with Gasteiger partial charge < -0.3 is 5.73 Å². The van der Waals surface area contributed by atoms with E-state index in [9.17, 15) is 18.0 Å². The maximum atomic E-state index is 12.0. The highest BCUT2D eigenvalue weighted by atomic mass is 19.4. The highest BCUT2D eigenvalue weighted by Gasteiger charge is 2.34.